The van der Waals surface area contributed by atoms with E-state index in [2.05, 4.69) is 48.7 Å². The molecule has 2 aromatic carbocycles. The standard InChI is InChI=1S/C18H18ClN3S/c1-3-12-6-5-7-13(4-2)17(12)22-18(23)21-16-10-15(19)9-8-14(16)11-20/h5-10H,3-4H2,1-2H3,(H2,21,22,23). The zero-order valence-electron chi connectivity index (χ0n) is 13.1. The van der Waals surface area contributed by atoms with Crippen molar-refractivity contribution in [2.75, 3.05) is 10.6 Å². The van der Waals surface area contributed by atoms with Crippen molar-refractivity contribution in [3.8, 4) is 6.07 Å². The van der Waals surface area contributed by atoms with Crippen LogP contribution in [0.1, 0.15) is 30.5 Å². The van der Waals surface area contributed by atoms with Gasteiger partial charge in [-0.15, -0.1) is 0 Å². The number of halogens is 1. The molecule has 0 radical (unpaired) electrons. The van der Waals surface area contributed by atoms with Crippen LogP contribution in [0.5, 0.6) is 0 Å². The second-order valence-electron chi connectivity index (χ2n) is 5.04. The molecule has 0 aliphatic rings. The number of benzene rings is 2. The van der Waals surface area contributed by atoms with Gasteiger partial charge >= 0.3 is 0 Å². The summed E-state index contributed by atoms with van der Waals surface area (Å²) in [6.07, 6.45) is 1.83. The summed E-state index contributed by atoms with van der Waals surface area (Å²) in [5, 5.41) is 16.5. The number of rotatable bonds is 4. The van der Waals surface area contributed by atoms with Crippen LogP contribution in [0.4, 0.5) is 11.4 Å². The molecule has 0 aromatic heterocycles. The van der Waals surface area contributed by atoms with Gasteiger partial charge in [-0.25, -0.2) is 0 Å². The molecular formula is C18H18ClN3S. The van der Waals surface area contributed by atoms with Gasteiger partial charge < -0.3 is 10.6 Å². The van der Waals surface area contributed by atoms with E-state index in [-0.39, 0.29) is 0 Å². The first-order chi connectivity index (χ1) is 11.1. The number of nitrogens with zero attached hydrogens (tertiary/aromatic N) is 1. The molecule has 0 spiro atoms. The van der Waals surface area contributed by atoms with Crippen LogP contribution in [0.3, 0.4) is 0 Å². The average Bonchev–Trinajstić information content (AvgIpc) is 2.55. The third-order valence-corrected chi connectivity index (χ3v) is 4.03. The Bertz CT molecular complexity index is 743. The number of aryl methyl sites for hydroxylation is 2. The molecule has 2 N–H and O–H groups in total. The topological polar surface area (TPSA) is 47.8 Å². The van der Waals surface area contributed by atoms with Gasteiger partial charge in [-0.1, -0.05) is 43.6 Å². The lowest BCUT2D eigenvalue weighted by Gasteiger charge is -2.17. The summed E-state index contributed by atoms with van der Waals surface area (Å²) < 4.78 is 0. The van der Waals surface area contributed by atoms with E-state index >= 15 is 0 Å². The predicted molar refractivity (Wildman–Crippen MR) is 101 cm³/mol. The fourth-order valence-electron chi connectivity index (χ4n) is 2.39. The van der Waals surface area contributed by atoms with Crippen molar-refractivity contribution in [3.63, 3.8) is 0 Å². The molecule has 0 bridgehead atoms. The summed E-state index contributed by atoms with van der Waals surface area (Å²) in [5.74, 6) is 0. The molecule has 0 unspecified atom stereocenters. The molecule has 5 heteroatoms. The third-order valence-electron chi connectivity index (χ3n) is 3.59. The number of anilines is 2. The smallest absolute Gasteiger partial charge is 0.175 e. The van der Waals surface area contributed by atoms with Crippen molar-refractivity contribution < 1.29 is 0 Å². The lowest BCUT2D eigenvalue weighted by atomic mass is 10.0. The number of nitriles is 1. The highest BCUT2D eigenvalue weighted by molar-refractivity contribution is 7.80. The van der Waals surface area contributed by atoms with Crippen LogP contribution in [0, 0.1) is 11.3 Å². The highest BCUT2D eigenvalue weighted by Gasteiger charge is 2.10. The summed E-state index contributed by atoms with van der Waals surface area (Å²) in [4.78, 5) is 0. The SMILES string of the molecule is CCc1cccc(CC)c1NC(=S)Nc1cc(Cl)ccc1C#N. The van der Waals surface area contributed by atoms with Crippen LogP contribution in [0.25, 0.3) is 0 Å². The van der Waals surface area contributed by atoms with E-state index in [4.69, 9.17) is 23.8 Å². The fraction of sp³-hybridized carbons (Fsp3) is 0.222. The molecule has 0 heterocycles. The van der Waals surface area contributed by atoms with E-state index in [1.807, 2.05) is 0 Å². The molecule has 118 valence electrons. The molecule has 0 saturated carbocycles. The number of nitrogens with one attached hydrogen (secondary N) is 2. The van der Waals surface area contributed by atoms with Gasteiger partial charge in [0.1, 0.15) is 6.07 Å². The Morgan fingerprint density at radius 3 is 2.35 bits per heavy atom. The van der Waals surface area contributed by atoms with Gasteiger partial charge in [0.2, 0.25) is 0 Å². The minimum absolute atomic E-state index is 0.444. The van der Waals surface area contributed by atoms with Gasteiger partial charge in [0, 0.05) is 10.7 Å². The number of para-hydroxylation sites is 1. The zero-order chi connectivity index (χ0) is 16.8. The molecule has 0 saturated heterocycles. The number of hydrogen-bond donors (Lipinski definition) is 2. The summed E-state index contributed by atoms with van der Waals surface area (Å²) in [6.45, 7) is 4.22. The van der Waals surface area contributed by atoms with Crippen LogP contribution < -0.4 is 10.6 Å². The largest absolute Gasteiger partial charge is 0.332 e. The quantitative estimate of drug-likeness (QED) is 0.754. The summed E-state index contributed by atoms with van der Waals surface area (Å²) >= 11 is 11.4. The molecule has 0 atom stereocenters. The van der Waals surface area contributed by atoms with Crippen LogP contribution in [0.2, 0.25) is 5.02 Å². The van der Waals surface area contributed by atoms with Gasteiger partial charge in [-0.05, 0) is 54.4 Å². The minimum Gasteiger partial charge on any atom is -0.332 e. The molecule has 3 nitrogen and oxygen atoms in total. The Morgan fingerprint density at radius 1 is 1.13 bits per heavy atom. The van der Waals surface area contributed by atoms with Crippen molar-refractivity contribution in [3.05, 3.63) is 58.1 Å². The van der Waals surface area contributed by atoms with Gasteiger partial charge in [0.05, 0.1) is 11.3 Å². The van der Waals surface area contributed by atoms with Gasteiger partial charge in [0.25, 0.3) is 0 Å². The Morgan fingerprint density at radius 2 is 1.78 bits per heavy atom. The highest BCUT2D eigenvalue weighted by atomic mass is 35.5. The van der Waals surface area contributed by atoms with Crippen LogP contribution in [0.15, 0.2) is 36.4 Å². The number of thiocarbonyl (C=S) groups is 1. The van der Waals surface area contributed by atoms with Crippen molar-refractivity contribution >= 4 is 40.3 Å². The Kier molecular flexibility index (Phi) is 5.97. The first kappa shape index (κ1) is 17.3. The zero-order valence-corrected chi connectivity index (χ0v) is 14.7. The first-order valence-corrected chi connectivity index (χ1v) is 8.26. The highest BCUT2D eigenvalue weighted by Crippen LogP contribution is 2.24. The van der Waals surface area contributed by atoms with Crippen molar-refractivity contribution in [2.45, 2.75) is 26.7 Å². The van der Waals surface area contributed by atoms with E-state index in [1.165, 1.54) is 11.1 Å². The average molecular weight is 344 g/mol. The van der Waals surface area contributed by atoms with E-state index in [0.717, 1.165) is 18.5 Å². The van der Waals surface area contributed by atoms with Gasteiger partial charge in [0.15, 0.2) is 5.11 Å². The maximum Gasteiger partial charge on any atom is 0.175 e. The van der Waals surface area contributed by atoms with Crippen molar-refractivity contribution in [2.24, 2.45) is 0 Å². The summed E-state index contributed by atoms with van der Waals surface area (Å²) in [5.41, 5.74) is 4.55. The normalized spacial score (nSPS) is 10.0. The third kappa shape index (κ3) is 4.22. The van der Waals surface area contributed by atoms with E-state index in [1.54, 1.807) is 18.2 Å². The molecule has 2 aromatic rings. The lowest BCUT2D eigenvalue weighted by Crippen LogP contribution is -2.21. The summed E-state index contributed by atoms with van der Waals surface area (Å²) in [6, 6.07) is 13.4. The molecule has 0 fully saturated rings. The van der Waals surface area contributed by atoms with Gasteiger partial charge in [-0.2, -0.15) is 5.26 Å². The monoisotopic (exact) mass is 343 g/mol. The molecule has 0 aliphatic carbocycles. The van der Waals surface area contributed by atoms with Gasteiger partial charge in [-0.3, -0.25) is 0 Å². The second-order valence-corrected chi connectivity index (χ2v) is 5.88. The lowest BCUT2D eigenvalue weighted by molar-refractivity contribution is 1.09. The van der Waals surface area contributed by atoms with E-state index < -0.39 is 0 Å². The van der Waals surface area contributed by atoms with E-state index in [0.29, 0.717) is 21.4 Å². The Balaban J connectivity index is 2.24. The van der Waals surface area contributed by atoms with Crippen molar-refractivity contribution in [1.82, 2.24) is 0 Å². The molecular weight excluding hydrogens is 326 g/mol. The first-order valence-electron chi connectivity index (χ1n) is 7.47. The van der Waals surface area contributed by atoms with Crippen LogP contribution in [-0.2, 0) is 12.8 Å². The summed E-state index contributed by atoms with van der Waals surface area (Å²) in [7, 11) is 0. The predicted octanol–water partition coefficient (Wildman–Crippen LogP) is 5.15. The second kappa shape index (κ2) is 7.96. The maximum absolute atomic E-state index is 9.18. The Labute approximate surface area is 147 Å². The number of hydrogen-bond acceptors (Lipinski definition) is 2. The minimum atomic E-state index is 0.444. The fourth-order valence-corrected chi connectivity index (χ4v) is 2.77. The maximum atomic E-state index is 9.18. The molecule has 0 amide bonds. The molecule has 23 heavy (non-hydrogen) atoms. The molecule has 0 aliphatic heterocycles. The van der Waals surface area contributed by atoms with Crippen LogP contribution in [-0.4, -0.2) is 5.11 Å². The van der Waals surface area contributed by atoms with Crippen molar-refractivity contribution in [1.29, 1.82) is 5.26 Å². The molecule has 2 rings (SSSR count). The Hall–Kier alpha value is -2.09. The van der Waals surface area contributed by atoms with E-state index in [9.17, 15) is 5.26 Å². The van der Waals surface area contributed by atoms with Crippen LogP contribution >= 0.6 is 23.8 Å².